The number of aliphatic hydroxyl groups excluding tert-OH is 1. The van der Waals surface area contributed by atoms with Gasteiger partial charge in [-0.2, -0.15) is 0 Å². The maximum Gasteiger partial charge on any atom is 0.274 e. The Bertz CT molecular complexity index is 1170. The summed E-state index contributed by atoms with van der Waals surface area (Å²) in [6.45, 7) is 2.80. The Morgan fingerprint density at radius 1 is 1.09 bits per heavy atom. The molecule has 0 radical (unpaired) electrons. The number of aryl methyl sites for hydroxylation is 1. The van der Waals surface area contributed by atoms with Crippen LogP contribution in [0.15, 0.2) is 48.7 Å². The molecule has 2 aliphatic rings. The first-order chi connectivity index (χ1) is 15.5. The second-order valence-corrected chi connectivity index (χ2v) is 8.83. The second-order valence-electron chi connectivity index (χ2n) is 8.83. The third-order valence-corrected chi connectivity index (χ3v) is 6.66. The average molecular weight is 430 g/mol. The van der Waals surface area contributed by atoms with Crippen LogP contribution in [-0.4, -0.2) is 44.1 Å². The standard InChI is InChI=1S/C26H27N3O3/c1-16-25(31)27-13-24(28-16)26(32)29-11-10-19(14-29)21-9-8-18(12-20(21)15-30)23-5-3-2-4-22(23)17-6-7-17/h2-5,8-9,12-13,17,19,30H,6-7,10-11,14-15H2,1H3,(H,27,31). The molecule has 2 aromatic carbocycles. The number of carbonyl (C=O) groups excluding carboxylic acids is 1. The smallest absolute Gasteiger partial charge is 0.274 e. The van der Waals surface area contributed by atoms with Gasteiger partial charge in [0.1, 0.15) is 11.4 Å². The fourth-order valence-corrected chi connectivity index (χ4v) is 4.76. The Morgan fingerprint density at radius 2 is 1.91 bits per heavy atom. The molecule has 2 heterocycles. The molecule has 1 aliphatic carbocycles. The van der Waals surface area contributed by atoms with E-state index in [0.29, 0.717) is 24.7 Å². The molecule has 32 heavy (non-hydrogen) atoms. The minimum absolute atomic E-state index is 0.0259. The number of aliphatic hydroxyl groups is 1. The van der Waals surface area contributed by atoms with Crippen LogP contribution < -0.4 is 0 Å². The molecule has 0 bridgehead atoms. The van der Waals surface area contributed by atoms with E-state index in [0.717, 1.165) is 23.1 Å². The SMILES string of the molecule is Cc1nc(C(=O)N2CCC(c3ccc(-c4ccccc4C4CC4)cc3CO)C2)cnc1O. The molecule has 1 unspecified atom stereocenters. The summed E-state index contributed by atoms with van der Waals surface area (Å²) >= 11 is 0. The van der Waals surface area contributed by atoms with Gasteiger partial charge in [0.25, 0.3) is 5.91 Å². The number of amides is 1. The van der Waals surface area contributed by atoms with Crippen LogP contribution >= 0.6 is 0 Å². The molecule has 1 amide bonds. The first-order valence-electron chi connectivity index (χ1n) is 11.2. The number of carbonyl (C=O) groups is 1. The highest BCUT2D eigenvalue weighted by Gasteiger charge is 2.31. The van der Waals surface area contributed by atoms with Crippen LogP contribution in [0.25, 0.3) is 11.1 Å². The lowest BCUT2D eigenvalue weighted by Crippen LogP contribution is -2.29. The van der Waals surface area contributed by atoms with Crippen molar-refractivity contribution in [2.75, 3.05) is 13.1 Å². The zero-order valence-corrected chi connectivity index (χ0v) is 18.2. The van der Waals surface area contributed by atoms with Crippen molar-refractivity contribution in [2.45, 2.75) is 44.6 Å². The van der Waals surface area contributed by atoms with E-state index < -0.39 is 0 Å². The lowest BCUT2D eigenvalue weighted by Gasteiger charge is -2.19. The third-order valence-electron chi connectivity index (χ3n) is 6.66. The van der Waals surface area contributed by atoms with E-state index >= 15 is 0 Å². The van der Waals surface area contributed by atoms with Crippen LogP contribution in [0.4, 0.5) is 0 Å². The molecule has 1 saturated heterocycles. The molecule has 0 spiro atoms. The summed E-state index contributed by atoms with van der Waals surface area (Å²) in [5.41, 5.74) is 6.40. The van der Waals surface area contributed by atoms with E-state index in [1.54, 1.807) is 11.8 Å². The predicted molar refractivity (Wildman–Crippen MR) is 121 cm³/mol. The van der Waals surface area contributed by atoms with Gasteiger partial charge in [-0.15, -0.1) is 0 Å². The maximum atomic E-state index is 12.9. The molecule has 1 atom stereocenters. The van der Waals surface area contributed by atoms with Crippen LogP contribution in [0.2, 0.25) is 0 Å². The quantitative estimate of drug-likeness (QED) is 0.636. The number of likely N-dealkylation sites (tertiary alicyclic amines) is 1. The molecule has 1 saturated carbocycles. The number of hydrogen-bond donors (Lipinski definition) is 2. The van der Waals surface area contributed by atoms with Gasteiger partial charge in [-0.05, 0) is 66.0 Å². The first-order valence-corrected chi connectivity index (χ1v) is 11.2. The number of benzene rings is 2. The molecule has 5 rings (SSSR count). The topological polar surface area (TPSA) is 86.6 Å². The third kappa shape index (κ3) is 3.86. The van der Waals surface area contributed by atoms with E-state index in [1.165, 1.54) is 30.2 Å². The normalized spacial score (nSPS) is 18.2. The Kier molecular flexibility index (Phi) is 5.39. The van der Waals surface area contributed by atoms with Crippen molar-refractivity contribution in [3.8, 4) is 17.0 Å². The maximum absolute atomic E-state index is 12.9. The van der Waals surface area contributed by atoms with Gasteiger partial charge < -0.3 is 15.1 Å². The summed E-state index contributed by atoms with van der Waals surface area (Å²) in [6, 6.07) is 14.9. The second kappa shape index (κ2) is 8.36. The summed E-state index contributed by atoms with van der Waals surface area (Å²) in [5.74, 6) is 0.491. The molecule has 164 valence electrons. The van der Waals surface area contributed by atoms with Crippen molar-refractivity contribution >= 4 is 5.91 Å². The van der Waals surface area contributed by atoms with Gasteiger partial charge in [-0.25, -0.2) is 9.97 Å². The molecule has 6 heteroatoms. The summed E-state index contributed by atoms with van der Waals surface area (Å²) in [4.78, 5) is 22.7. The number of aromatic nitrogens is 2. The molecule has 2 fully saturated rings. The Morgan fingerprint density at radius 3 is 2.66 bits per heavy atom. The van der Waals surface area contributed by atoms with Crippen molar-refractivity contribution in [3.63, 3.8) is 0 Å². The number of rotatable bonds is 5. The lowest BCUT2D eigenvalue weighted by atomic mass is 9.89. The fraction of sp³-hybridized carbons (Fsp3) is 0.346. The molecule has 2 N–H and O–H groups in total. The van der Waals surface area contributed by atoms with E-state index in [9.17, 15) is 15.0 Å². The fourth-order valence-electron chi connectivity index (χ4n) is 4.76. The van der Waals surface area contributed by atoms with E-state index in [-0.39, 0.29) is 30.0 Å². The van der Waals surface area contributed by atoms with Crippen molar-refractivity contribution < 1.29 is 15.0 Å². The van der Waals surface area contributed by atoms with Gasteiger partial charge in [0, 0.05) is 19.0 Å². The van der Waals surface area contributed by atoms with Crippen LogP contribution in [0, 0.1) is 6.92 Å². The van der Waals surface area contributed by atoms with Crippen molar-refractivity contribution in [1.29, 1.82) is 0 Å². The highest BCUT2D eigenvalue weighted by Crippen LogP contribution is 2.44. The van der Waals surface area contributed by atoms with Crippen molar-refractivity contribution in [1.82, 2.24) is 14.9 Å². The van der Waals surface area contributed by atoms with Crippen molar-refractivity contribution in [2.24, 2.45) is 0 Å². The average Bonchev–Trinajstić information content (AvgIpc) is 3.56. The Balaban J connectivity index is 1.37. The summed E-state index contributed by atoms with van der Waals surface area (Å²) in [7, 11) is 0. The summed E-state index contributed by atoms with van der Waals surface area (Å²) in [6.07, 6.45) is 4.65. The number of nitrogens with zero attached hydrogens (tertiary/aromatic N) is 3. The van der Waals surface area contributed by atoms with E-state index in [1.807, 2.05) is 0 Å². The summed E-state index contributed by atoms with van der Waals surface area (Å²) < 4.78 is 0. The van der Waals surface area contributed by atoms with Gasteiger partial charge in [0.2, 0.25) is 5.88 Å². The lowest BCUT2D eigenvalue weighted by molar-refractivity contribution is 0.0784. The highest BCUT2D eigenvalue weighted by molar-refractivity contribution is 5.92. The predicted octanol–water partition coefficient (Wildman–Crippen LogP) is 4.16. The van der Waals surface area contributed by atoms with Crippen LogP contribution in [0.1, 0.15) is 64.0 Å². The first kappa shape index (κ1) is 20.6. The van der Waals surface area contributed by atoms with Crippen LogP contribution in [-0.2, 0) is 6.61 Å². The molecule has 1 aliphatic heterocycles. The van der Waals surface area contributed by atoms with Crippen LogP contribution in [0.3, 0.4) is 0 Å². The van der Waals surface area contributed by atoms with E-state index in [2.05, 4.69) is 52.4 Å². The van der Waals surface area contributed by atoms with Gasteiger partial charge in [0.05, 0.1) is 12.8 Å². The van der Waals surface area contributed by atoms with Crippen molar-refractivity contribution in [3.05, 3.63) is 76.7 Å². The van der Waals surface area contributed by atoms with Gasteiger partial charge in [-0.1, -0.05) is 36.4 Å². The largest absolute Gasteiger partial charge is 0.492 e. The van der Waals surface area contributed by atoms with Gasteiger partial charge >= 0.3 is 0 Å². The zero-order chi connectivity index (χ0) is 22.2. The molecular formula is C26H27N3O3. The van der Waals surface area contributed by atoms with Gasteiger partial charge in [-0.3, -0.25) is 4.79 Å². The molecule has 1 aromatic heterocycles. The molecular weight excluding hydrogens is 402 g/mol. The number of aromatic hydroxyl groups is 1. The number of hydrogen-bond acceptors (Lipinski definition) is 5. The minimum atomic E-state index is -0.177. The van der Waals surface area contributed by atoms with E-state index in [4.69, 9.17) is 0 Å². The van der Waals surface area contributed by atoms with Crippen LogP contribution in [0.5, 0.6) is 5.88 Å². The highest BCUT2D eigenvalue weighted by atomic mass is 16.3. The zero-order valence-electron chi connectivity index (χ0n) is 18.2. The monoisotopic (exact) mass is 429 g/mol. The van der Waals surface area contributed by atoms with Gasteiger partial charge in [0.15, 0.2) is 0 Å². The Labute approximate surface area is 187 Å². The molecule has 3 aromatic rings. The summed E-state index contributed by atoms with van der Waals surface area (Å²) in [5, 5.41) is 19.7. The minimum Gasteiger partial charge on any atom is -0.492 e. The Hall–Kier alpha value is -3.25. The molecule has 6 nitrogen and oxygen atoms in total.